The van der Waals surface area contributed by atoms with Crippen LogP contribution in [0.4, 0.5) is 18.0 Å². The fourth-order valence-corrected chi connectivity index (χ4v) is 3.53. The van der Waals surface area contributed by atoms with Gasteiger partial charge in [0.25, 0.3) is 5.91 Å². The molecule has 1 aliphatic carbocycles. The highest BCUT2D eigenvalue weighted by Gasteiger charge is 2.38. The van der Waals surface area contributed by atoms with Gasteiger partial charge in [-0.25, -0.2) is 4.79 Å². The summed E-state index contributed by atoms with van der Waals surface area (Å²) in [6.07, 6.45) is 0.0262. The summed E-state index contributed by atoms with van der Waals surface area (Å²) in [4.78, 5) is 36.5. The number of carbonyl (C=O) groups is 3. The molecule has 6 nitrogen and oxygen atoms in total. The van der Waals surface area contributed by atoms with Gasteiger partial charge in [-0.3, -0.25) is 14.9 Å². The standard InChI is InChI=1S/C16H15ClF3N3O3.C3H6/c1-7-9-5-10(16(18,19)20)11(17)4-8(9)6-23(7)13(24)3-2-12-14(25)22-15(26)21-12;1-2-3-1/h4-5,7,12H,2-3,6H2,1H3,(H2,21,22,25,26);1-3H2. The van der Waals surface area contributed by atoms with Gasteiger partial charge in [-0.1, -0.05) is 30.9 Å². The molecule has 1 saturated heterocycles. The number of nitrogens with zero attached hydrogens (tertiary/aromatic N) is 1. The minimum atomic E-state index is -4.57. The molecule has 0 bridgehead atoms. The van der Waals surface area contributed by atoms with Gasteiger partial charge in [0.15, 0.2) is 0 Å². The number of alkyl halides is 3. The number of halogens is 4. The van der Waals surface area contributed by atoms with Gasteiger partial charge in [0.1, 0.15) is 6.04 Å². The molecule has 0 spiro atoms. The van der Waals surface area contributed by atoms with E-state index in [1.165, 1.54) is 30.2 Å². The summed E-state index contributed by atoms with van der Waals surface area (Å²) in [7, 11) is 0. The SMILES string of the molecule is C1CC1.CC1c2cc(C(F)(F)F)c(Cl)cc2CN1C(=O)CCC1NC(=O)NC1=O. The predicted octanol–water partition coefficient (Wildman–Crippen LogP) is 3.92. The minimum Gasteiger partial charge on any atom is -0.332 e. The van der Waals surface area contributed by atoms with E-state index in [1.54, 1.807) is 6.92 Å². The number of carbonyl (C=O) groups excluding carboxylic acids is 3. The average Bonchev–Trinajstić information content (AvgIpc) is 3.42. The summed E-state index contributed by atoms with van der Waals surface area (Å²) in [5, 5.41) is 4.07. The van der Waals surface area contributed by atoms with Crippen LogP contribution < -0.4 is 10.6 Å². The maximum absolute atomic E-state index is 13.0. The van der Waals surface area contributed by atoms with E-state index in [9.17, 15) is 27.6 Å². The van der Waals surface area contributed by atoms with Crippen LogP contribution in [0, 0.1) is 0 Å². The first-order valence-electron chi connectivity index (χ1n) is 9.38. The Balaban J connectivity index is 0.000000732. The summed E-state index contributed by atoms with van der Waals surface area (Å²) in [5.41, 5.74) is 0.0437. The van der Waals surface area contributed by atoms with Crippen molar-refractivity contribution in [2.45, 2.75) is 63.8 Å². The third kappa shape index (κ3) is 5.01. The van der Waals surface area contributed by atoms with Gasteiger partial charge in [0.05, 0.1) is 16.6 Å². The molecular formula is C19H21ClF3N3O3. The van der Waals surface area contributed by atoms with Crippen LogP contribution in [0.15, 0.2) is 12.1 Å². The Hall–Kier alpha value is -2.29. The fourth-order valence-electron chi connectivity index (χ4n) is 3.24. The van der Waals surface area contributed by atoms with Crippen molar-refractivity contribution in [1.82, 2.24) is 15.5 Å². The van der Waals surface area contributed by atoms with Gasteiger partial charge in [0, 0.05) is 13.0 Å². The number of urea groups is 1. The summed E-state index contributed by atoms with van der Waals surface area (Å²) < 4.78 is 39.1. The van der Waals surface area contributed by atoms with Crippen molar-refractivity contribution in [1.29, 1.82) is 0 Å². The predicted molar refractivity (Wildman–Crippen MR) is 99.0 cm³/mol. The molecule has 2 aliphatic heterocycles. The summed E-state index contributed by atoms with van der Waals surface area (Å²) in [6.45, 7) is 1.79. The van der Waals surface area contributed by atoms with Crippen LogP contribution in [0.3, 0.4) is 0 Å². The highest BCUT2D eigenvalue weighted by molar-refractivity contribution is 6.31. The smallest absolute Gasteiger partial charge is 0.332 e. The Morgan fingerprint density at radius 2 is 1.90 bits per heavy atom. The van der Waals surface area contributed by atoms with Crippen molar-refractivity contribution >= 4 is 29.4 Å². The molecule has 3 aliphatic rings. The Labute approximate surface area is 170 Å². The van der Waals surface area contributed by atoms with E-state index in [0.29, 0.717) is 11.1 Å². The van der Waals surface area contributed by atoms with E-state index in [-0.39, 0.29) is 25.3 Å². The normalized spacial score (nSPS) is 22.4. The highest BCUT2D eigenvalue weighted by Crippen LogP contribution is 2.42. The van der Waals surface area contributed by atoms with Crippen molar-refractivity contribution in [2.24, 2.45) is 0 Å². The number of benzene rings is 1. The van der Waals surface area contributed by atoms with Crippen LogP contribution in [-0.2, 0) is 22.3 Å². The molecule has 158 valence electrons. The molecule has 2 fully saturated rings. The lowest BCUT2D eigenvalue weighted by atomic mass is 10.0. The average molecular weight is 432 g/mol. The number of hydrogen-bond acceptors (Lipinski definition) is 3. The van der Waals surface area contributed by atoms with E-state index in [2.05, 4.69) is 10.6 Å². The van der Waals surface area contributed by atoms with Crippen LogP contribution in [-0.4, -0.2) is 28.8 Å². The van der Waals surface area contributed by atoms with Crippen LogP contribution in [0.5, 0.6) is 0 Å². The topological polar surface area (TPSA) is 78.5 Å². The molecule has 1 saturated carbocycles. The van der Waals surface area contributed by atoms with Gasteiger partial charge in [-0.2, -0.15) is 13.2 Å². The lowest BCUT2D eigenvalue weighted by Gasteiger charge is -2.22. The van der Waals surface area contributed by atoms with Gasteiger partial charge in [-0.05, 0) is 36.6 Å². The first kappa shape index (κ1) is 21.4. The molecular weight excluding hydrogens is 411 g/mol. The molecule has 2 N–H and O–H groups in total. The van der Waals surface area contributed by atoms with Crippen LogP contribution in [0.2, 0.25) is 5.02 Å². The van der Waals surface area contributed by atoms with Gasteiger partial charge in [-0.15, -0.1) is 0 Å². The first-order chi connectivity index (χ1) is 13.6. The van der Waals surface area contributed by atoms with E-state index in [1.807, 2.05) is 0 Å². The quantitative estimate of drug-likeness (QED) is 0.712. The monoisotopic (exact) mass is 431 g/mol. The van der Waals surface area contributed by atoms with E-state index in [4.69, 9.17) is 11.6 Å². The summed E-state index contributed by atoms with van der Waals surface area (Å²) in [6, 6.07) is 0.304. The number of nitrogens with one attached hydrogen (secondary N) is 2. The fraction of sp³-hybridized carbons (Fsp3) is 0.526. The van der Waals surface area contributed by atoms with Crippen molar-refractivity contribution < 1.29 is 27.6 Å². The largest absolute Gasteiger partial charge is 0.417 e. The maximum atomic E-state index is 13.0. The Kier molecular flexibility index (Phi) is 6.07. The molecule has 10 heteroatoms. The Morgan fingerprint density at radius 3 is 2.41 bits per heavy atom. The number of fused-ring (bicyclic) bond motifs is 1. The van der Waals surface area contributed by atoms with Crippen molar-refractivity contribution in [3.05, 3.63) is 33.8 Å². The van der Waals surface area contributed by atoms with Gasteiger partial charge >= 0.3 is 12.2 Å². The molecule has 1 aromatic carbocycles. The zero-order chi connectivity index (χ0) is 21.3. The van der Waals surface area contributed by atoms with Crippen molar-refractivity contribution in [3.63, 3.8) is 0 Å². The second-order valence-corrected chi connectivity index (χ2v) is 7.75. The summed E-state index contributed by atoms with van der Waals surface area (Å²) in [5.74, 6) is -0.811. The Bertz CT molecular complexity index is 839. The molecule has 2 unspecified atom stereocenters. The molecule has 4 rings (SSSR count). The molecule has 4 amide bonds. The zero-order valence-electron chi connectivity index (χ0n) is 15.7. The van der Waals surface area contributed by atoms with Crippen LogP contribution in [0.25, 0.3) is 0 Å². The Morgan fingerprint density at radius 1 is 1.24 bits per heavy atom. The molecule has 0 radical (unpaired) electrons. The maximum Gasteiger partial charge on any atom is 0.417 e. The lowest BCUT2D eigenvalue weighted by molar-refractivity contribution is -0.137. The van der Waals surface area contributed by atoms with Crippen LogP contribution >= 0.6 is 11.6 Å². The molecule has 1 aromatic rings. The number of amides is 4. The third-order valence-corrected chi connectivity index (χ3v) is 5.28. The molecule has 2 heterocycles. The summed E-state index contributed by atoms with van der Waals surface area (Å²) >= 11 is 5.74. The van der Waals surface area contributed by atoms with E-state index in [0.717, 1.165) is 6.07 Å². The number of hydrogen-bond donors (Lipinski definition) is 2. The second kappa shape index (κ2) is 8.22. The van der Waals surface area contributed by atoms with E-state index < -0.39 is 40.8 Å². The van der Waals surface area contributed by atoms with Crippen molar-refractivity contribution in [2.75, 3.05) is 0 Å². The van der Waals surface area contributed by atoms with Crippen molar-refractivity contribution in [3.8, 4) is 0 Å². The number of imide groups is 1. The lowest BCUT2D eigenvalue weighted by Crippen LogP contribution is -2.33. The van der Waals surface area contributed by atoms with E-state index >= 15 is 0 Å². The van der Waals surface area contributed by atoms with Gasteiger partial charge < -0.3 is 10.2 Å². The molecule has 29 heavy (non-hydrogen) atoms. The highest BCUT2D eigenvalue weighted by atomic mass is 35.5. The van der Waals surface area contributed by atoms with Gasteiger partial charge in [0.2, 0.25) is 5.91 Å². The first-order valence-corrected chi connectivity index (χ1v) is 9.76. The second-order valence-electron chi connectivity index (χ2n) is 7.34. The molecule has 2 atom stereocenters. The van der Waals surface area contributed by atoms with Crippen LogP contribution in [0.1, 0.15) is 61.8 Å². The number of rotatable bonds is 3. The zero-order valence-corrected chi connectivity index (χ0v) is 16.5. The molecule has 0 aromatic heterocycles. The minimum absolute atomic E-state index is 0.0173. The third-order valence-electron chi connectivity index (χ3n) is 4.97.